The van der Waals surface area contributed by atoms with Crippen molar-refractivity contribution in [2.24, 2.45) is 0 Å². The molecule has 1 atom stereocenters. The fourth-order valence-corrected chi connectivity index (χ4v) is 3.45. The average molecular weight is 376 g/mol. The van der Waals surface area contributed by atoms with Gasteiger partial charge in [-0.3, -0.25) is 14.7 Å². The summed E-state index contributed by atoms with van der Waals surface area (Å²) in [5.74, 6) is 0.0169. The lowest BCUT2D eigenvalue weighted by atomic mass is 10.1. The van der Waals surface area contributed by atoms with Gasteiger partial charge in [-0.05, 0) is 23.8 Å². The first-order valence-corrected chi connectivity index (χ1v) is 9.50. The number of carbonyl (C=O) groups excluding carboxylic acids is 1. The summed E-state index contributed by atoms with van der Waals surface area (Å²) in [4.78, 5) is 18.9. The minimum Gasteiger partial charge on any atom is -0.351 e. The standard InChI is InChI=1S/C21H24N6O/c28-21(16-26-10-9-23-14-20(26)18-5-4-8-22-13-18)24-11-17-12-25-27(15-17)19-6-2-1-3-7-19/h1-8,12-13,15,20,23H,9-11,14,16H2,(H,24,28). The zero-order chi connectivity index (χ0) is 19.2. The Morgan fingerprint density at radius 2 is 2.07 bits per heavy atom. The van der Waals surface area contributed by atoms with Crippen molar-refractivity contribution >= 4 is 5.91 Å². The van der Waals surface area contributed by atoms with Gasteiger partial charge in [-0.1, -0.05) is 24.3 Å². The number of para-hydroxylation sites is 1. The van der Waals surface area contributed by atoms with E-state index in [0.29, 0.717) is 13.1 Å². The molecule has 0 saturated carbocycles. The van der Waals surface area contributed by atoms with E-state index in [1.807, 2.05) is 53.5 Å². The van der Waals surface area contributed by atoms with Gasteiger partial charge in [-0.2, -0.15) is 5.10 Å². The van der Waals surface area contributed by atoms with Crippen LogP contribution in [-0.2, 0) is 11.3 Å². The second-order valence-electron chi connectivity index (χ2n) is 6.88. The number of nitrogens with zero attached hydrogens (tertiary/aromatic N) is 4. The van der Waals surface area contributed by atoms with Crippen LogP contribution in [-0.4, -0.2) is 51.8 Å². The van der Waals surface area contributed by atoms with Crippen LogP contribution in [0.5, 0.6) is 0 Å². The van der Waals surface area contributed by atoms with Gasteiger partial charge in [0.1, 0.15) is 0 Å². The molecule has 1 saturated heterocycles. The first-order valence-electron chi connectivity index (χ1n) is 9.50. The van der Waals surface area contributed by atoms with Crippen LogP contribution in [0.1, 0.15) is 17.2 Å². The van der Waals surface area contributed by atoms with E-state index in [0.717, 1.165) is 36.4 Å². The number of amides is 1. The van der Waals surface area contributed by atoms with E-state index in [2.05, 4.69) is 31.7 Å². The number of rotatable bonds is 6. The van der Waals surface area contributed by atoms with E-state index >= 15 is 0 Å². The van der Waals surface area contributed by atoms with Crippen molar-refractivity contribution in [3.63, 3.8) is 0 Å². The molecule has 0 bridgehead atoms. The molecule has 1 aliphatic heterocycles. The number of carbonyl (C=O) groups is 1. The summed E-state index contributed by atoms with van der Waals surface area (Å²) in [5, 5.41) is 10.8. The summed E-state index contributed by atoms with van der Waals surface area (Å²) >= 11 is 0. The minimum absolute atomic E-state index is 0.0169. The molecule has 3 aromatic rings. The van der Waals surface area contributed by atoms with Crippen LogP contribution in [0.4, 0.5) is 0 Å². The molecule has 1 unspecified atom stereocenters. The Balaban J connectivity index is 1.33. The fourth-order valence-electron chi connectivity index (χ4n) is 3.45. The van der Waals surface area contributed by atoms with Crippen molar-refractivity contribution in [2.75, 3.05) is 26.2 Å². The molecule has 1 aliphatic rings. The average Bonchev–Trinajstić information content (AvgIpc) is 3.23. The third kappa shape index (κ3) is 4.44. The smallest absolute Gasteiger partial charge is 0.234 e. The van der Waals surface area contributed by atoms with Gasteiger partial charge in [-0.15, -0.1) is 0 Å². The van der Waals surface area contributed by atoms with Crippen LogP contribution < -0.4 is 10.6 Å². The zero-order valence-electron chi connectivity index (χ0n) is 15.7. The van der Waals surface area contributed by atoms with Crippen LogP contribution in [0.2, 0.25) is 0 Å². The normalized spacial score (nSPS) is 17.4. The van der Waals surface area contributed by atoms with Crippen LogP contribution in [0, 0.1) is 0 Å². The van der Waals surface area contributed by atoms with Gasteiger partial charge in [0.05, 0.1) is 18.4 Å². The summed E-state index contributed by atoms with van der Waals surface area (Å²) < 4.78 is 1.82. The van der Waals surface area contributed by atoms with Crippen molar-refractivity contribution in [1.29, 1.82) is 0 Å². The Bertz CT molecular complexity index is 896. The Labute approximate surface area is 164 Å². The van der Waals surface area contributed by atoms with E-state index < -0.39 is 0 Å². The molecule has 2 N–H and O–H groups in total. The maximum atomic E-state index is 12.5. The number of aromatic nitrogens is 3. The van der Waals surface area contributed by atoms with E-state index in [1.54, 1.807) is 12.4 Å². The first-order chi connectivity index (χ1) is 13.8. The molecule has 7 heteroatoms. The van der Waals surface area contributed by atoms with Gasteiger partial charge in [-0.25, -0.2) is 4.68 Å². The molecule has 1 amide bonds. The van der Waals surface area contributed by atoms with Crippen LogP contribution in [0.15, 0.2) is 67.3 Å². The number of hydrogen-bond donors (Lipinski definition) is 2. The predicted octanol–water partition coefficient (Wildman–Crippen LogP) is 1.53. The molecule has 144 valence electrons. The number of piperazine rings is 1. The molecule has 4 rings (SSSR count). The summed E-state index contributed by atoms with van der Waals surface area (Å²) in [6, 6.07) is 14.1. The van der Waals surface area contributed by atoms with Crippen LogP contribution in [0.3, 0.4) is 0 Å². The molecule has 1 aromatic carbocycles. The van der Waals surface area contributed by atoms with Gasteiger partial charge < -0.3 is 10.6 Å². The van der Waals surface area contributed by atoms with Crippen molar-refractivity contribution in [3.05, 3.63) is 78.4 Å². The van der Waals surface area contributed by atoms with Gasteiger partial charge in [0, 0.05) is 56.4 Å². The predicted molar refractivity (Wildman–Crippen MR) is 107 cm³/mol. The van der Waals surface area contributed by atoms with E-state index in [-0.39, 0.29) is 11.9 Å². The van der Waals surface area contributed by atoms with Gasteiger partial charge in [0.15, 0.2) is 0 Å². The molecular formula is C21H24N6O. The highest BCUT2D eigenvalue weighted by Crippen LogP contribution is 2.20. The lowest BCUT2D eigenvalue weighted by molar-refractivity contribution is -0.123. The van der Waals surface area contributed by atoms with Gasteiger partial charge in [0.25, 0.3) is 0 Å². The molecule has 1 fully saturated rings. The quantitative estimate of drug-likeness (QED) is 0.682. The lowest BCUT2D eigenvalue weighted by Gasteiger charge is -2.35. The summed E-state index contributed by atoms with van der Waals surface area (Å²) in [6.45, 7) is 3.37. The molecule has 3 heterocycles. The molecule has 0 radical (unpaired) electrons. The maximum Gasteiger partial charge on any atom is 0.234 e. The number of pyridine rings is 1. The Kier molecular flexibility index (Phi) is 5.75. The third-order valence-corrected chi connectivity index (χ3v) is 4.92. The minimum atomic E-state index is 0.0169. The Morgan fingerprint density at radius 3 is 2.89 bits per heavy atom. The molecule has 0 aliphatic carbocycles. The van der Waals surface area contributed by atoms with Crippen molar-refractivity contribution in [1.82, 2.24) is 30.3 Å². The largest absolute Gasteiger partial charge is 0.351 e. The molecule has 0 spiro atoms. The SMILES string of the molecule is O=C(CN1CCNCC1c1cccnc1)NCc1cnn(-c2ccccc2)c1. The highest BCUT2D eigenvalue weighted by Gasteiger charge is 2.25. The van der Waals surface area contributed by atoms with Crippen molar-refractivity contribution in [3.8, 4) is 5.69 Å². The van der Waals surface area contributed by atoms with Crippen LogP contribution >= 0.6 is 0 Å². The first kappa shape index (κ1) is 18.3. The molecular weight excluding hydrogens is 352 g/mol. The van der Waals surface area contributed by atoms with E-state index in [1.165, 1.54) is 0 Å². The number of hydrogen-bond acceptors (Lipinski definition) is 5. The maximum absolute atomic E-state index is 12.5. The lowest BCUT2D eigenvalue weighted by Crippen LogP contribution is -2.49. The second kappa shape index (κ2) is 8.77. The summed E-state index contributed by atoms with van der Waals surface area (Å²) in [7, 11) is 0. The summed E-state index contributed by atoms with van der Waals surface area (Å²) in [5.41, 5.74) is 3.10. The van der Waals surface area contributed by atoms with Crippen LogP contribution in [0.25, 0.3) is 5.69 Å². The Hall–Kier alpha value is -3.03. The highest BCUT2D eigenvalue weighted by molar-refractivity contribution is 5.78. The van der Waals surface area contributed by atoms with Crippen molar-refractivity contribution < 1.29 is 4.79 Å². The fraction of sp³-hybridized carbons (Fsp3) is 0.286. The van der Waals surface area contributed by atoms with Crippen molar-refractivity contribution in [2.45, 2.75) is 12.6 Å². The molecule has 28 heavy (non-hydrogen) atoms. The van der Waals surface area contributed by atoms with E-state index in [4.69, 9.17) is 0 Å². The van der Waals surface area contributed by atoms with Gasteiger partial charge in [0.2, 0.25) is 5.91 Å². The van der Waals surface area contributed by atoms with E-state index in [9.17, 15) is 4.79 Å². The topological polar surface area (TPSA) is 75.1 Å². The highest BCUT2D eigenvalue weighted by atomic mass is 16.2. The Morgan fingerprint density at radius 1 is 1.18 bits per heavy atom. The second-order valence-corrected chi connectivity index (χ2v) is 6.88. The molecule has 2 aromatic heterocycles. The van der Waals surface area contributed by atoms with Gasteiger partial charge >= 0.3 is 0 Å². The molecule has 7 nitrogen and oxygen atoms in total. The number of nitrogens with one attached hydrogen (secondary N) is 2. The number of benzene rings is 1. The third-order valence-electron chi connectivity index (χ3n) is 4.92. The monoisotopic (exact) mass is 376 g/mol. The zero-order valence-corrected chi connectivity index (χ0v) is 15.7. The summed E-state index contributed by atoms with van der Waals surface area (Å²) in [6.07, 6.45) is 7.38.